The Morgan fingerprint density at radius 1 is 1.56 bits per heavy atom. The summed E-state index contributed by atoms with van der Waals surface area (Å²) in [5, 5.41) is 12.0. The average molecular weight is 255 g/mol. The summed E-state index contributed by atoms with van der Waals surface area (Å²) < 4.78 is 18.4. The van der Waals surface area contributed by atoms with E-state index in [0.29, 0.717) is 12.2 Å². The molecule has 0 radical (unpaired) electrons. The predicted octanol–water partition coefficient (Wildman–Crippen LogP) is 1.73. The van der Waals surface area contributed by atoms with E-state index in [0.717, 1.165) is 12.5 Å². The summed E-state index contributed by atoms with van der Waals surface area (Å²) in [7, 11) is 1.43. The molecule has 1 rings (SSSR count). The van der Waals surface area contributed by atoms with Crippen LogP contribution in [0, 0.1) is 5.82 Å². The zero-order valence-electron chi connectivity index (χ0n) is 10.6. The molecule has 0 aromatic heterocycles. The number of halogens is 1. The first-order valence-electron chi connectivity index (χ1n) is 5.88. The first-order valence-corrected chi connectivity index (χ1v) is 5.88. The fourth-order valence-electron chi connectivity index (χ4n) is 1.55. The van der Waals surface area contributed by atoms with Gasteiger partial charge in [0, 0.05) is 12.6 Å². The van der Waals surface area contributed by atoms with E-state index in [-0.39, 0.29) is 12.1 Å². The van der Waals surface area contributed by atoms with Crippen molar-refractivity contribution in [3.8, 4) is 5.75 Å². The summed E-state index contributed by atoms with van der Waals surface area (Å²) in [5.74, 6) is -0.822. The minimum absolute atomic E-state index is 0.0560. The van der Waals surface area contributed by atoms with Crippen molar-refractivity contribution in [3.63, 3.8) is 0 Å². The molecule has 18 heavy (non-hydrogen) atoms. The largest absolute Gasteiger partial charge is 0.497 e. The SMILES string of the molecule is CCCC(O)CNC(=O)c1ccc(OC)cc1F. The number of aliphatic hydroxyl groups excluding tert-OH is 1. The lowest BCUT2D eigenvalue weighted by Gasteiger charge is -2.11. The molecule has 2 N–H and O–H groups in total. The number of nitrogens with one attached hydrogen (secondary N) is 1. The smallest absolute Gasteiger partial charge is 0.254 e. The van der Waals surface area contributed by atoms with Crippen LogP contribution in [0.5, 0.6) is 5.75 Å². The molecule has 0 bridgehead atoms. The molecule has 100 valence electrons. The van der Waals surface area contributed by atoms with Crippen LogP contribution in [0.3, 0.4) is 0 Å². The molecule has 4 nitrogen and oxygen atoms in total. The van der Waals surface area contributed by atoms with Crippen LogP contribution in [0.25, 0.3) is 0 Å². The van der Waals surface area contributed by atoms with Gasteiger partial charge in [0.1, 0.15) is 11.6 Å². The number of hydrogen-bond acceptors (Lipinski definition) is 3. The fourth-order valence-corrected chi connectivity index (χ4v) is 1.55. The maximum Gasteiger partial charge on any atom is 0.254 e. The van der Waals surface area contributed by atoms with Gasteiger partial charge in [-0.2, -0.15) is 0 Å². The van der Waals surface area contributed by atoms with E-state index in [9.17, 15) is 14.3 Å². The number of amides is 1. The second kappa shape index (κ2) is 6.96. The molecule has 1 unspecified atom stereocenters. The van der Waals surface area contributed by atoms with Crippen molar-refractivity contribution in [2.75, 3.05) is 13.7 Å². The van der Waals surface area contributed by atoms with E-state index in [2.05, 4.69) is 5.32 Å². The summed E-state index contributed by atoms with van der Waals surface area (Å²) in [6.45, 7) is 2.06. The fraction of sp³-hybridized carbons (Fsp3) is 0.462. The maximum atomic E-state index is 13.6. The lowest BCUT2D eigenvalue weighted by Crippen LogP contribution is -2.32. The van der Waals surface area contributed by atoms with Crippen LogP contribution in [-0.2, 0) is 0 Å². The quantitative estimate of drug-likeness (QED) is 0.813. The van der Waals surface area contributed by atoms with E-state index in [1.165, 1.54) is 19.2 Å². The van der Waals surface area contributed by atoms with Gasteiger partial charge < -0.3 is 15.2 Å². The Balaban J connectivity index is 2.61. The summed E-state index contributed by atoms with van der Waals surface area (Å²) in [6.07, 6.45) is 0.833. The van der Waals surface area contributed by atoms with Gasteiger partial charge in [-0.15, -0.1) is 0 Å². The molecule has 0 aliphatic heterocycles. The van der Waals surface area contributed by atoms with Crippen molar-refractivity contribution in [1.29, 1.82) is 0 Å². The summed E-state index contributed by atoms with van der Waals surface area (Å²) in [4.78, 5) is 11.7. The van der Waals surface area contributed by atoms with Crippen LogP contribution in [0.4, 0.5) is 4.39 Å². The molecule has 1 aromatic rings. The van der Waals surface area contributed by atoms with Crippen molar-refractivity contribution < 1.29 is 19.0 Å². The third-order valence-electron chi connectivity index (χ3n) is 2.54. The summed E-state index contributed by atoms with van der Waals surface area (Å²) in [6, 6.07) is 4.02. The van der Waals surface area contributed by atoms with Crippen molar-refractivity contribution in [2.24, 2.45) is 0 Å². The zero-order chi connectivity index (χ0) is 13.5. The number of ether oxygens (including phenoxy) is 1. The van der Waals surface area contributed by atoms with E-state index in [4.69, 9.17) is 4.74 Å². The van der Waals surface area contributed by atoms with Crippen LogP contribution in [-0.4, -0.2) is 30.8 Å². The normalized spacial score (nSPS) is 12.0. The number of benzene rings is 1. The second-order valence-electron chi connectivity index (χ2n) is 4.00. The Morgan fingerprint density at radius 3 is 2.83 bits per heavy atom. The Kier molecular flexibility index (Phi) is 5.58. The highest BCUT2D eigenvalue weighted by atomic mass is 19.1. The third kappa shape index (κ3) is 4.00. The van der Waals surface area contributed by atoms with Crippen molar-refractivity contribution in [3.05, 3.63) is 29.6 Å². The van der Waals surface area contributed by atoms with Crippen molar-refractivity contribution >= 4 is 5.91 Å². The zero-order valence-corrected chi connectivity index (χ0v) is 10.6. The highest BCUT2D eigenvalue weighted by Gasteiger charge is 2.13. The van der Waals surface area contributed by atoms with Crippen LogP contribution < -0.4 is 10.1 Å². The van der Waals surface area contributed by atoms with Crippen molar-refractivity contribution in [1.82, 2.24) is 5.32 Å². The molecule has 0 aliphatic carbocycles. The standard InChI is InChI=1S/C13H18FNO3/c1-3-4-9(16)8-15-13(17)11-6-5-10(18-2)7-12(11)14/h5-7,9,16H,3-4,8H2,1-2H3,(H,15,17). The van der Waals surface area contributed by atoms with Gasteiger partial charge >= 0.3 is 0 Å². The summed E-state index contributed by atoms with van der Waals surface area (Å²) >= 11 is 0. The molecule has 1 aromatic carbocycles. The number of methoxy groups -OCH3 is 1. The van der Waals surface area contributed by atoms with Gasteiger partial charge in [-0.3, -0.25) is 4.79 Å². The number of carbonyl (C=O) groups is 1. The van der Waals surface area contributed by atoms with Crippen molar-refractivity contribution in [2.45, 2.75) is 25.9 Å². The Hall–Kier alpha value is -1.62. The van der Waals surface area contributed by atoms with E-state index in [1.54, 1.807) is 0 Å². The molecular formula is C13H18FNO3. The summed E-state index contributed by atoms with van der Waals surface area (Å²) in [5.41, 5.74) is -0.0560. The lowest BCUT2D eigenvalue weighted by molar-refractivity contribution is 0.0906. The topological polar surface area (TPSA) is 58.6 Å². The molecule has 5 heteroatoms. The third-order valence-corrected chi connectivity index (χ3v) is 2.54. The number of aliphatic hydroxyl groups is 1. The van der Waals surface area contributed by atoms with Crippen LogP contribution >= 0.6 is 0 Å². The van der Waals surface area contributed by atoms with E-state index < -0.39 is 17.8 Å². The average Bonchev–Trinajstić information content (AvgIpc) is 2.36. The van der Waals surface area contributed by atoms with E-state index >= 15 is 0 Å². The van der Waals surface area contributed by atoms with Gasteiger partial charge in [0.2, 0.25) is 0 Å². The van der Waals surface area contributed by atoms with Gasteiger partial charge in [-0.25, -0.2) is 4.39 Å². The van der Waals surface area contributed by atoms with Gasteiger partial charge in [-0.05, 0) is 18.6 Å². The molecule has 0 heterocycles. The lowest BCUT2D eigenvalue weighted by atomic mass is 10.1. The molecule has 0 saturated carbocycles. The molecule has 1 atom stereocenters. The highest BCUT2D eigenvalue weighted by Crippen LogP contribution is 2.16. The maximum absolute atomic E-state index is 13.6. The molecular weight excluding hydrogens is 237 g/mol. The predicted molar refractivity (Wildman–Crippen MR) is 66.2 cm³/mol. The number of hydrogen-bond donors (Lipinski definition) is 2. The Labute approximate surface area is 106 Å². The molecule has 0 fully saturated rings. The molecule has 1 amide bonds. The molecule has 0 spiro atoms. The van der Waals surface area contributed by atoms with Gasteiger partial charge in [0.05, 0.1) is 18.8 Å². The van der Waals surface area contributed by atoms with Crippen LogP contribution in [0.15, 0.2) is 18.2 Å². The Bertz CT molecular complexity index is 409. The minimum atomic E-state index is -0.642. The van der Waals surface area contributed by atoms with Crippen LogP contribution in [0.2, 0.25) is 0 Å². The van der Waals surface area contributed by atoms with E-state index in [1.807, 2.05) is 6.92 Å². The monoisotopic (exact) mass is 255 g/mol. The second-order valence-corrected chi connectivity index (χ2v) is 4.00. The first kappa shape index (κ1) is 14.4. The van der Waals surface area contributed by atoms with Crippen LogP contribution in [0.1, 0.15) is 30.1 Å². The van der Waals surface area contributed by atoms with Gasteiger partial charge in [-0.1, -0.05) is 13.3 Å². The number of rotatable bonds is 6. The molecule has 0 saturated heterocycles. The van der Waals surface area contributed by atoms with Gasteiger partial charge in [0.25, 0.3) is 5.91 Å². The highest BCUT2D eigenvalue weighted by molar-refractivity contribution is 5.94. The molecule has 0 aliphatic rings. The Morgan fingerprint density at radius 2 is 2.28 bits per heavy atom. The minimum Gasteiger partial charge on any atom is -0.497 e. The number of carbonyl (C=O) groups excluding carboxylic acids is 1. The van der Waals surface area contributed by atoms with Gasteiger partial charge in [0.15, 0.2) is 0 Å². The first-order chi connectivity index (χ1) is 8.58.